The smallest absolute Gasteiger partial charge is 0.236 e. The first-order chi connectivity index (χ1) is 12.8. The van der Waals surface area contributed by atoms with Gasteiger partial charge in [0.05, 0.1) is 7.11 Å². The molecule has 27 heavy (non-hydrogen) atoms. The topological polar surface area (TPSA) is 71.7 Å². The fourth-order valence-corrected chi connectivity index (χ4v) is 3.25. The highest BCUT2D eigenvalue weighted by atomic mass is 16.5. The molecule has 7 nitrogen and oxygen atoms in total. The number of hydrogen-bond acceptors (Lipinski definition) is 6. The van der Waals surface area contributed by atoms with Crippen LogP contribution in [0.25, 0.3) is 11.4 Å². The van der Waals surface area contributed by atoms with Gasteiger partial charge in [-0.15, -0.1) is 0 Å². The van der Waals surface area contributed by atoms with Crippen LogP contribution in [-0.2, 0) is 11.2 Å². The van der Waals surface area contributed by atoms with Crippen molar-refractivity contribution >= 4 is 5.91 Å². The molecule has 0 spiro atoms. The molecule has 0 N–H and O–H groups in total. The van der Waals surface area contributed by atoms with Gasteiger partial charge in [-0.3, -0.25) is 9.69 Å². The van der Waals surface area contributed by atoms with Crippen LogP contribution >= 0.6 is 0 Å². The summed E-state index contributed by atoms with van der Waals surface area (Å²) in [4.78, 5) is 21.2. The summed E-state index contributed by atoms with van der Waals surface area (Å²) in [5.74, 6) is 1.64. The van der Waals surface area contributed by atoms with Gasteiger partial charge in [-0.05, 0) is 29.7 Å². The van der Waals surface area contributed by atoms with Gasteiger partial charge in [0.1, 0.15) is 12.2 Å². The first-order valence-corrected chi connectivity index (χ1v) is 9.31. The van der Waals surface area contributed by atoms with E-state index in [4.69, 9.17) is 9.26 Å². The number of carbonyl (C=O) groups is 1. The molecule has 7 heteroatoms. The second kappa shape index (κ2) is 8.08. The molecule has 3 rings (SSSR count). The van der Waals surface area contributed by atoms with Crippen LogP contribution in [0.1, 0.15) is 26.7 Å². The van der Waals surface area contributed by atoms with Crippen LogP contribution < -0.4 is 4.74 Å². The molecule has 0 unspecified atom stereocenters. The fourth-order valence-electron chi connectivity index (χ4n) is 3.25. The molecule has 1 amide bonds. The molecule has 1 aliphatic rings. The van der Waals surface area contributed by atoms with Gasteiger partial charge in [-0.25, -0.2) is 0 Å². The second-order valence-corrected chi connectivity index (χ2v) is 8.13. The third-order valence-electron chi connectivity index (χ3n) is 4.54. The lowest BCUT2D eigenvalue weighted by molar-refractivity contribution is -0.132. The number of piperazine rings is 1. The number of hydrogen-bond donors (Lipinski definition) is 0. The van der Waals surface area contributed by atoms with Gasteiger partial charge in [0.2, 0.25) is 17.6 Å². The molecule has 2 aromatic rings. The highest BCUT2D eigenvalue weighted by molar-refractivity contribution is 5.78. The van der Waals surface area contributed by atoms with E-state index >= 15 is 0 Å². The van der Waals surface area contributed by atoms with Gasteiger partial charge >= 0.3 is 0 Å². The standard InChI is InChI=1S/C20H28N4O3/c1-20(2,3)14-23-9-11-24(12-10-23)18(25)13-17-21-19(22-27-17)15-5-7-16(26-4)8-6-15/h5-8H,9-14H2,1-4H3. The van der Waals surface area contributed by atoms with E-state index in [2.05, 4.69) is 35.8 Å². The fraction of sp³-hybridized carbons (Fsp3) is 0.550. The highest BCUT2D eigenvalue weighted by Crippen LogP contribution is 2.20. The van der Waals surface area contributed by atoms with Gasteiger partial charge in [0, 0.05) is 38.3 Å². The van der Waals surface area contributed by atoms with Gasteiger partial charge in [0.25, 0.3) is 0 Å². The largest absolute Gasteiger partial charge is 0.497 e. The van der Waals surface area contributed by atoms with E-state index < -0.39 is 0 Å². The summed E-state index contributed by atoms with van der Waals surface area (Å²) in [6, 6.07) is 7.41. The molecule has 0 bridgehead atoms. The molecule has 146 valence electrons. The molecule has 2 heterocycles. The van der Waals surface area contributed by atoms with E-state index in [1.165, 1.54) is 0 Å². The minimum Gasteiger partial charge on any atom is -0.497 e. The quantitative estimate of drug-likeness (QED) is 0.803. The summed E-state index contributed by atoms with van der Waals surface area (Å²) in [5.41, 5.74) is 1.10. The first-order valence-electron chi connectivity index (χ1n) is 9.31. The third-order valence-corrected chi connectivity index (χ3v) is 4.54. The number of amides is 1. The van der Waals surface area contributed by atoms with Crippen molar-refractivity contribution in [3.8, 4) is 17.1 Å². The number of carbonyl (C=O) groups excluding carboxylic acids is 1. The molecular weight excluding hydrogens is 344 g/mol. The second-order valence-electron chi connectivity index (χ2n) is 8.13. The minimum atomic E-state index is 0.0374. The molecule has 1 fully saturated rings. The highest BCUT2D eigenvalue weighted by Gasteiger charge is 2.25. The molecule has 0 saturated carbocycles. The molecule has 1 saturated heterocycles. The maximum atomic E-state index is 12.6. The van der Waals surface area contributed by atoms with Crippen LogP contribution in [0.3, 0.4) is 0 Å². The number of aromatic nitrogens is 2. The predicted octanol–water partition coefficient (Wildman–Crippen LogP) is 2.48. The van der Waals surface area contributed by atoms with E-state index in [1.807, 2.05) is 29.2 Å². The van der Waals surface area contributed by atoms with Crippen LogP contribution in [0.5, 0.6) is 5.75 Å². The lowest BCUT2D eigenvalue weighted by Gasteiger charge is -2.37. The van der Waals surface area contributed by atoms with Crippen molar-refractivity contribution in [3.63, 3.8) is 0 Å². The number of ether oxygens (including phenoxy) is 1. The third kappa shape index (κ3) is 5.29. The lowest BCUT2D eigenvalue weighted by Crippen LogP contribution is -2.50. The number of nitrogens with zero attached hydrogens (tertiary/aromatic N) is 4. The van der Waals surface area contributed by atoms with Crippen LogP contribution in [0.15, 0.2) is 28.8 Å². The molecule has 1 aromatic heterocycles. The molecule has 0 radical (unpaired) electrons. The number of rotatable bonds is 5. The van der Waals surface area contributed by atoms with E-state index in [9.17, 15) is 4.79 Å². The SMILES string of the molecule is COc1ccc(-c2noc(CC(=O)N3CCN(CC(C)(C)C)CC3)n2)cc1. The van der Waals surface area contributed by atoms with Crippen molar-refractivity contribution < 1.29 is 14.1 Å². The Bertz CT molecular complexity index is 756. The average molecular weight is 372 g/mol. The summed E-state index contributed by atoms with van der Waals surface area (Å²) in [7, 11) is 1.62. The zero-order chi connectivity index (χ0) is 19.4. The van der Waals surface area contributed by atoms with Crippen LogP contribution in [0.2, 0.25) is 0 Å². The monoisotopic (exact) mass is 372 g/mol. The summed E-state index contributed by atoms with van der Waals surface area (Å²) < 4.78 is 10.4. The van der Waals surface area contributed by atoms with Crippen molar-refractivity contribution in [1.82, 2.24) is 19.9 Å². The normalized spacial score (nSPS) is 15.8. The minimum absolute atomic E-state index is 0.0374. The average Bonchev–Trinajstić information content (AvgIpc) is 3.09. The summed E-state index contributed by atoms with van der Waals surface area (Å²) >= 11 is 0. The Morgan fingerprint density at radius 3 is 2.41 bits per heavy atom. The van der Waals surface area contributed by atoms with Crippen LogP contribution in [0.4, 0.5) is 0 Å². The predicted molar refractivity (Wildman–Crippen MR) is 102 cm³/mol. The van der Waals surface area contributed by atoms with Gasteiger partial charge in [-0.2, -0.15) is 4.98 Å². The molecule has 0 atom stereocenters. The maximum Gasteiger partial charge on any atom is 0.236 e. The van der Waals surface area contributed by atoms with Crippen molar-refractivity contribution in [2.75, 3.05) is 39.8 Å². The van der Waals surface area contributed by atoms with E-state index in [0.717, 1.165) is 44.0 Å². The van der Waals surface area contributed by atoms with E-state index in [-0.39, 0.29) is 17.7 Å². The number of benzene rings is 1. The number of methoxy groups -OCH3 is 1. The van der Waals surface area contributed by atoms with Gasteiger partial charge in [0.15, 0.2) is 0 Å². The molecule has 1 aliphatic heterocycles. The zero-order valence-corrected chi connectivity index (χ0v) is 16.6. The van der Waals surface area contributed by atoms with Gasteiger partial charge < -0.3 is 14.2 Å². The Morgan fingerprint density at radius 1 is 1.15 bits per heavy atom. The summed E-state index contributed by atoms with van der Waals surface area (Å²) in [6.45, 7) is 11.1. The van der Waals surface area contributed by atoms with Crippen molar-refractivity contribution in [2.24, 2.45) is 5.41 Å². The summed E-state index contributed by atoms with van der Waals surface area (Å²) in [6.07, 6.45) is 0.141. The van der Waals surface area contributed by atoms with E-state index in [0.29, 0.717) is 11.7 Å². The van der Waals surface area contributed by atoms with Crippen molar-refractivity contribution in [1.29, 1.82) is 0 Å². The summed E-state index contributed by atoms with van der Waals surface area (Å²) in [5, 5.41) is 3.99. The Kier molecular flexibility index (Phi) is 5.79. The molecule has 1 aromatic carbocycles. The molecular formula is C20H28N4O3. The van der Waals surface area contributed by atoms with Gasteiger partial charge in [-0.1, -0.05) is 25.9 Å². The Morgan fingerprint density at radius 2 is 1.81 bits per heavy atom. The maximum absolute atomic E-state index is 12.6. The Hall–Kier alpha value is -2.41. The van der Waals surface area contributed by atoms with Crippen molar-refractivity contribution in [2.45, 2.75) is 27.2 Å². The Labute approximate surface area is 160 Å². The molecule has 0 aliphatic carbocycles. The van der Waals surface area contributed by atoms with Crippen LogP contribution in [-0.4, -0.2) is 65.7 Å². The van der Waals surface area contributed by atoms with E-state index in [1.54, 1.807) is 7.11 Å². The van der Waals surface area contributed by atoms with Crippen LogP contribution in [0, 0.1) is 5.41 Å². The lowest BCUT2D eigenvalue weighted by atomic mass is 9.96. The Balaban J connectivity index is 1.54. The van der Waals surface area contributed by atoms with Crippen molar-refractivity contribution in [3.05, 3.63) is 30.2 Å². The first kappa shape index (κ1) is 19.4. The zero-order valence-electron chi connectivity index (χ0n) is 16.6.